The topological polar surface area (TPSA) is 76.0 Å². The molecule has 0 heterocycles. The summed E-state index contributed by atoms with van der Waals surface area (Å²) >= 11 is 0. The highest BCUT2D eigenvalue weighted by Gasteiger charge is 2.23. The third kappa shape index (κ3) is 2.32. The Kier molecular flexibility index (Phi) is 3.57. The van der Waals surface area contributed by atoms with Gasteiger partial charge in [-0.1, -0.05) is 12.1 Å². The van der Waals surface area contributed by atoms with Crippen LogP contribution in [-0.4, -0.2) is 30.4 Å². The molecule has 0 amide bonds. The van der Waals surface area contributed by atoms with Crippen molar-refractivity contribution in [2.45, 2.75) is 6.10 Å². The molecule has 0 radical (unpaired) electrons. The van der Waals surface area contributed by atoms with Gasteiger partial charge >= 0.3 is 5.97 Å². The minimum atomic E-state index is -1.65. The van der Waals surface area contributed by atoms with Crippen LogP contribution in [0.2, 0.25) is 0 Å². The highest BCUT2D eigenvalue weighted by atomic mass is 16.5. The zero-order valence-corrected chi connectivity index (χ0v) is 10.6. The summed E-state index contributed by atoms with van der Waals surface area (Å²) in [6, 6.07) is 8.68. The maximum Gasteiger partial charge on any atom is 0.337 e. The van der Waals surface area contributed by atoms with Crippen molar-refractivity contribution in [3.63, 3.8) is 0 Å². The number of aliphatic hydroxyl groups is 1. The van der Waals surface area contributed by atoms with Gasteiger partial charge in [-0.05, 0) is 29.0 Å². The van der Waals surface area contributed by atoms with Crippen LogP contribution in [0.5, 0.6) is 11.5 Å². The van der Waals surface area contributed by atoms with Crippen molar-refractivity contribution in [2.24, 2.45) is 0 Å². The first-order chi connectivity index (χ1) is 9.08. The number of hydrogen-bond donors (Lipinski definition) is 2. The van der Waals surface area contributed by atoms with Gasteiger partial charge in [0.05, 0.1) is 14.2 Å². The second kappa shape index (κ2) is 5.16. The van der Waals surface area contributed by atoms with E-state index in [1.165, 1.54) is 14.2 Å². The van der Waals surface area contributed by atoms with Gasteiger partial charge in [-0.25, -0.2) is 4.79 Å². The van der Waals surface area contributed by atoms with Gasteiger partial charge in [-0.2, -0.15) is 0 Å². The van der Waals surface area contributed by atoms with E-state index in [-0.39, 0.29) is 5.56 Å². The number of carboxylic acid groups (broad SMARTS) is 1. The average Bonchev–Trinajstić information content (AvgIpc) is 2.44. The Morgan fingerprint density at radius 3 is 2.42 bits per heavy atom. The van der Waals surface area contributed by atoms with Crippen molar-refractivity contribution in [3.8, 4) is 11.5 Å². The van der Waals surface area contributed by atoms with Crippen molar-refractivity contribution >= 4 is 16.7 Å². The lowest BCUT2D eigenvalue weighted by Gasteiger charge is -2.15. The second-order valence-corrected chi connectivity index (χ2v) is 4.01. The maximum atomic E-state index is 11.0. The third-order valence-electron chi connectivity index (χ3n) is 2.96. The molecule has 100 valence electrons. The SMILES string of the molecule is COc1ccc2ccc(OC)c(C(O)C(=O)O)c2c1. The molecule has 2 rings (SSSR count). The van der Waals surface area contributed by atoms with E-state index in [1.54, 1.807) is 30.3 Å². The second-order valence-electron chi connectivity index (χ2n) is 4.01. The van der Waals surface area contributed by atoms with Crippen LogP contribution in [0.4, 0.5) is 0 Å². The lowest BCUT2D eigenvalue weighted by molar-refractivity contribution is -0.146. The summed E-state index contributed by atoms with van der Waals surface area (Å²) in [5.41, 5.74) is 0.228. The van der Waals surface area contributed by atoms with E-state index in [0.717, 1.165) is 5.39 Å². The van der Waals surface area contributed by atoms with E-state index in [9.17, 15) is 9.90 Å². The first kappa shape index (κ1) is 13.2. The van der Waals surface area contributed by atoms with Gasteiger partial charge < -0.3 is 19.7 Å². The Hall–Kier alpha value is -2.27. The molecule has 2 N–H and O–H groups in total. The van der Waals surface area contributed by atoms with E-state index in [2.05, 4.69) is 0 Å². The molecule has 2 aromatic carbocycles. The van der Waals surface area contributed by atoms with Crippen LogP contribution in [0.25, 0.3) is 10.8 Å². The lowest BCUT2D eigenvalue weighted by atomic mass is 9.99. The Labute approximate surface area is 110 Å². The molecule has 1 unspecified atom stereocenters. The first-order valence-electron chi connectivity index (χ1n) is 5.64. The van der Waals surface area contributed by atoms with Gasteiger partial charge in [0.15, 0.2) is 6.10 Å². The third-order valence-corrected chi connectivity index (χ3v) is 2.96. The van der Waals surface area contributed by atoms with Gasteiger partial charge in [-0.3, -0.25) is 0 Å². The highest BCUT2D eigenvalue weighted by molar-refractivity contribution is 5.93. The molecule has 0 saturated heterocycles. The fraction of sp³-hybridized carbons (Fsp3) is 0.214. The smallest absolute Gasteiger partial charge is 0.337 e. The van der Waals surface area contributed by atoms with Gasteiger partial charge in [0.2, 0.25) is 0 Å². The summed E-state index contributed by atoms with van der Waals surface area (Å²) in [7, 11) is 2.95. The number of aliphatic carboxylic acids is 1. The summed E-state index contributed by atoms with van der Waals surface area (Å²) in [6.07, 6.45) is -1.65. The fourth-order valence-electron chi connectivity index (χ4n) is 2.01. The molecule has 0 aromatic heterocycles. The number of hydrogen-bond acceptors (Lipinski definition) is 4. The average molecular weight is 262 g/mol. The normalized spacial score (nSPS) is 12.2. The highest BCUT2D eigenvalue weighted by Crippen LogP contribution is 2.35. The monoisotopic (exact) mass is 262 g/mol. The lowest BCUT2D eigenvalue weighted by Crippen LogP contribution is -2.12. The van der Waals surface area contributed by atoms with Crippen LogP contribution in [0, 0.1) is 0 Å². The van der Waals surface area contributed by atoms with Gasteiger partial charge in [0.1, 0.15) is 11.5 Å². The summed E-state index contributed by atoms with van der Waals surface area (Å²) in [5, 5.41) is 20.2. The summed E-state index contributed by atoms with van der Waals surface area (Å²) in [4.78, 5) is 11.0. The number of carboxylic acids is 1. The largest absolute Gasteiger partial charge is 0.497 e. The number of aliphatic hydroxyl groups excluding tert-OH is 1. The zero-order valence-electron chi connectivity index (χ0n) is 10.6. The number of fused-ring (bicyclic) bond motifs is 1. The number of benzene rings is 2. The number of carbonyl (C=O) groups is 1. The Bertz CT molecular complexity index is 615. The van der Waals surface area contributed by atoms with Crippen molar-refractivity contribution in [3.05, 3.63) is 35.9 Å². The van der Waals surface area contributed by atoms with E-state index < -0.39 is 12.1 Å². The summed E-state index contributed by atoms with van der Waals surface area (Å²) in [5.74, 6) is -0.413. The first-order valence-corrected chi connectivity index (χ1v) is 5.64. The van der Waals surface area contributed by atoms with Crippen molar-refractivity contribution < 1.29 is 24.5 Å². The zero-order chi connectivity index (χ0) is 14.0. The van der Waals surface area contributed by atoms with Crippen LogP contribution >= 0.6 is 0 Å². The minimum absolute atomic E-state index is 0.228. The Morgan fingerprint density at radius 2 is 1.84 bits per heavy atom. The Balaban J connectivity index is 2.77. The molecule has 0 aliphatic carbocycles. The molecule has 0 aliphatic heterocycles. The predicted molar refractivity (Wildman–Crippen MR) is 69.6 cm³/mol. The molecule has 5 heteroatoms. The fourth-order valence-corrected chi connectivity index (χ4v) is 2.01. The van der Waals surface area contributed by atoms with Crippen LogP contribution in [0.15, 0.2) is 30.3 Å². The van der Waals surface area contributed by atoms with Crippen molar-refractivity contribution in [1.82, 2.24) is 0 Å². The van der Waals surface area contributed by atoms with Crippen LogP contribution in [-0.2, 0) is 4.79 Å². The van der Waals surface area contributed by atoms with Gasteiger partial charge in [-0.15, -0.1) is 0 Å². The van der Waals surface area contributed by atoms with Crippen molar-refractivity contribution in [2.75, 3.05) is 14.2 Å². The molecule has 0 spiro atoms. The maximum absolute atomic E-state index is 11.0. The van der Waals surface area contributed by atoms with E-state index in [4.69, 9.17) is 14.6 Å². The van der Waals surface area contributed by atoms with E-state index in [1.807, 2.05) is 0 Å². The number of rotatable bonds is 4. The molecule has 1 atom stereocenters. The molecule has 0 fully saturated rings. The molecule has 19 heavy (non-hydrogen) atoms. The molecular weight excluding hydrogens is 248 g/mol. The quantitative estimate of drug-likeness (QED) is 0.881. The predicted octanol–water partition coefficient (Wildman–Crippen LogP) is 1.98. The molecule has 2 aromatic rings. The standard InChI is InChI=1S/C14H14O5/c1-18-9-5-3-8-4-6-11(19-2)12(10(8)7-9)13(15)14(16)17/h3-7,13,15H,1-2H3,(H,16,17). The van der Waals surface area contributed by atoms with Gasteiger partial charge in [0.25, 0.3) is 0 Å². The Morgan fingerprint density at radius 1 is 1.16 bits per heavy atom. The van der Waals surface area contributed by atoms with Crippen LogP contribution < -0.4 is 9.47 Å². The van der Waals surface area contributed by atoms with Gasteiger partial charge in [0, 0.05) is 5.56 Å². The minimum Gasteiger partial charge on any atom is -0.497 e. The van der Waals surface area contributed by atoms with Crippen LogP contribution in [0.3, 0.4) is 0 Å². The molecular formula is C14H14O5. The molecule has 5 nitrogen and oxygen atoms in total. The molecule has 0 bridgehead atoms. The number of methoxy groups -OCH3 is 2. The number of ether oxygens (including phenoxy) is 2. The molecule has 0 saturated carbocycles. The van der Waals surface area contributed by atoms with Crippen LogP contribution in [0.1, 0.15) is 11.7 Å². The molecule has 0 aliphatic rings. The van der Waals surface area contributed by atoms with E-state index >= 15 is 0 Å². The van der Waals surface area contributed by atoms with Crippen molar-refractivity contribution in [1.29, 1.82) is 0 Å². The summed E-state index contributed by atoms with van der Waals surface area (Å²) < 4.78 is 10.3. The summed E-state index contributed by atoms with van der Waals surface area (Å²) in [6.45, 7) is 0. The van der Waals surface area contributed by atoms with E-state index in [0.29, 0.717) is 16.9 Å².